The first-order chi connectivity index (χ1) is 7.56. The number of aliphatic hydroxyl groups is 1. The van der Waals surface area contributed by atoms with E-state index in [0.717, 1.165) is 18.3 Å². The van der Waals surface area contributed by atoms with Crippen molar-refractivity contribution in [3.63, 3.8) is 0 Å². The van der Waals surface area contributed by atoms with E-state index in [-0.39, 0.29) is 11.2 Å². The molecule has 0 radical (unpaired) electrons. The summed E-state index contributed by atoms with van der Waals surface area (Å²) < 4.78 is 6.43. The molecule has 2 aliphatic heterocycles. The number of rotatable bonds is 2. The maximum absolute atomic E-state index is 9.24. The van der Waals surface area contributed by atoms with Crippen LogP contribution >= 0.6 is 0 Å². The molecule has 2 heteroatoms. The van der Waals surface area contributed by atoms with Crippen LogP contribution in [0.2, 0.25) is 0 Å². The second kappa shape index (κ2) is 3.46. The van der Waals surface area contributed by atoms with E-state index in [9.17, 15) is 5.11 Å². The van der Waals surface area contributed by atoms with E-state index < -0.39 is 0 Å². The summed E-state index contributed by atoms with van der Waals surface area (Å²) in [7, 11) is 0. The molecule has 5 atom stereocenters. The molecular formula is C14H24O2. The molecule has 4 fully saturated rings. The highest BCUT2D eigenvalue weighted by molar-refractivity contribution is 5.09. The SMILES string of the molecule is C[C@]12C[C@@H](CCO)[C@H]3[C@H](CCC[C@@]3(C)O1)C2. The quantitative estimate of drug-likeness (QED) is 0.781. The average molecular weight is 224 g/mol. The third-order valence-corrected chi connectivity index (χ3v) is 5.34. The van der Waals surface area contributed by atoms with Crippen LogP contribution in [0.3, 0.4) is 0 Å². The summed E-state index contributed by atoms with van der Waals surface area (Å²) in [4.78, 5) is 0. The molecule has 1 N–H and O–H groups in total. The lowest BCUT2D eigenvalue weighted by molar-refractivity contribution is -0.294. The van der Waals surface area contributed by atoms with Crippen molar-refractivity contribution < 1.29 is 9.84 Å². The molecule has 0 unspecified atom stereocenters. The number of hydrogen-bond acceptors (Lipinski definition) is 2. The third-order valence-electron chi connectivity index (χ3n) is 5.34. The zero-order valence-corrected chi connectivity index (χ0v) is 10.5. The number of hydrogen-bond donors (Lipinski definition) is 1. The van der Waals surface area contributed by atoms with Gasteiger partial charge in [-0.2, -0.15) is 0 Å². The molecule has 16 heavy (non-hydrogen) atoms. The van der Waals surface area contributed by atoms with Crippen LogP contribution in [-0.2, 0) is 4.74 Å². The normalized spacial score (nSPS) is 55.3. The second-order valence-corrected chi connectivity index (χ2v) is 6.72. The molecule has 4 bridgehead atoms. The van der Waals surface area contributed by atoms with Crippen molar-refractivity contribution >= 4 is 0 Å². The van der Waals surface area contributed by atoms with E-state index in [2.05, 4.69) is 13.8 Å². The molecule has 0 amide bonds. The van der Waals surface area contributed by atoms with E-state index in [4.69, 9.17) is 4.74 Å². The van der Waals surface area contributed by atoms with Gasteiger partial charge in [0.25, 0.3) is 0 Å². The second-order valence-electron chi connectivity index (χ2n) is 6.72. The molecule has 2 saturated carbocycles. The lowest BCUT2D eigenvalue weighted by Crippen LogP contribution is -2.64. The van der Waals surface area contributed by atoms with Crippen LogP contribution in [0, 0.1) is 17.8 Å². The Balaban J connectivity index is 1.93. The fourth-order valence-electron chi connectivity index (χ4n) is 5.20. The summed E-state index contributed by atoms with van der Waals surface area (Å²) in [6.45, 7) is 4.97. The number of aliphatic hydroxyl groups excluding tert-OH is 1. The fourth-order valence-corrected chi connectivity index (χ4v) is 5.20. The van der Waals surface area contributed by atoms with E-state index >= 15 is 0 Å². The minimum absolute atomic E-state index is 0.106. The monoisotopic (exact) mass is 224 g/mol. The molecule has 0 aromatic rings. The van der Waals surface area contributed by atoms with Crippen LogP contribution in [0.5, 0.6) is 0 Å². The standard InChI is InChI=1S/C14H24O2/c1-13-8-10-4-3-6-14(2,16-13)12(10)11(9-13)5-7-15/h10-12,15H,3-9H2,1-2H3/t10-,11-,12-,13+,14-/m1/s1. The number of fused-ring (bicyclic) bond motifs is 1. The lowest BCUT2D eigenvalue weighted by Gasteiger charge is -2.64. The van der Waals surface area contributed by atoms with Gasteiger partial charge in [-0.3, -0.25) is 0 Å². The highest BCUT2D eigenvalue weighted by Crippen LogP contribution is 2.60. The first-order valence-electron chi connectivity index (χ1n) is 6.87. The maximum atomic E-state index is 9.24. The third kappa shape index (κ3) is 1.46. The van der Waals surface area contributed by atoms with Crippen LogP contribution in [0.15, 0.2) is 0 Å². The first kappa shape index (κ1) is 11.0. The van der Waals surface area contributed by atoms with E-state index in [1.54, 1.807) is 0 Å². The van der Waals surface area contributed by atoms with Gasteiger partial charge in [0.2, 0.25) is 0 Å². The molecule has 0 aromatic carbocycles. The Bertz CT molecular complexity index is 290. The zero-order valence-electron chi connectivity index (χ0n) is 10.5. The van der Waals surface area contributed by atoms with Gasteiger partial charge in [0.15, 0.2) is 0 Å². The predicted octanol–water partition coefficient (Wildman–Crippen LogP) is 2.74. The van der Waals surface area contributed by atoms with E-state index in [1.807, 2.05) is 0 Å². The van der Waals surface area contributed by atoms with Gasteiger partial charge in [0, 0.05) is 6.61 Å². The molecule has 4 aliphatic rings. The fraction of sp³-hybridized carbons (Fsp3) is 1.00. The zero-order chi connectivity index (χ0) is 11.4. The number of ether oxygens (including phenoxy) is 1. The Kier molecular flexibility index (Phi) is 2.38. The van der Waals surface area contributed by atoms with Crippen molar-refractivity contribution in [2.75, 3.05) is 6.61 Å². The van der Waals surface area contributed by atoms with Crippen molar-refractivity contribution in [2.24, 2.45) is 17.8 Å². The van der Waals surface area contributed by atoms with Crippen LogP contribution in [0.1, 0.15) is 52.4 Å². The van der Waals surface area contributed by atoms with E-state index in [1.165, 1.54) is 32.1 Å². The minimum Gasteiger partial charge on any atom is -0.396 e. The van der Waals surface area contributed by atoms with Crippen LogP contribution in [-0.4, -0.2) is 22.9 Å². The van der Waals surface area contributed by atoms with Gasteiger partial charge in [-0.25, -0.2) is 0 Å². The van der Waals surface area contributed by atoms with Gasteiger partial charge in [-0.05, 0) is 63.7 Å². The average Bonchev–Trinajstić information content (AvgIpc) is 2.14. The van der Waals surface area contributed by atoms with E-state index in [0.29, 0.717) is 12.5 Å². The van der Waals surface area contributed by atoms with Crippen molar-refractivity contribution in [3.8, 4) is 0 Å². The Hall–Kier alpha value is -0.0800. The van der Waals surface area contributed by atoms with Crippen molar-refractivity contribution in [3.05, 3.63) is 0 Å². The molecule has 2 aliphatic carbocycles. The summed E-state index contributed by atoms with van der Waals surface area (Å²) in [6.07, 6.45) is 7.36. The first-order valence-corrected chi connectivity index (χ1v) is 6.87. The van der Waals surface area contributed by atoms with Crippen LogP contribution < -0.4 is 0 Å². The summed E-state index contributed by atoms with van der Waals surface area (Å²) in [5.41, 5.74) is 0.225. The van der Waals surface area contributed by atoms with Crippen molar-refractivity contribution in [2.45, 2.75) is 63.6 Å². The molecule has 0 aromatic heterocycles. The molecular weight excluding hydrogens is 200 g/mol. The molecule has 2 heterocycles. The summed E-state index contributed by atoms with van der Waals surface area (Å²) in [5.74, 6) is 2.28. The summed E-state index contributed by atoms with van der Waals surface area (Å²) in [5, 5.41) is 9.24. The highest BCUT2D eigenvalue weighted by Gasteiger charge is 2.60. The van der Waals surface area contributed by atoms with Crippen molar-refractivity contribution in [1.82, 2.24) is 0 Å². The lowest BCUT2D eigenvalue weighted by atomic mass is 9.52. The van der Waals surface area contributed by atoms with Crippen LogP contribution in [0.4, 0.5) is 0 Å². The Labute approximate surface area is 98.4 Å². The smallest absolute Gasteiger partial charge is 0.0695 e. The Morgan fingerprint density at radius 2 is 2.12 bits per heavy atom. The molecule has 92 valence electrons. The van der Waals surface area contributed by atoms with Gasteiger partial charge in [-0.15, -0.1) is 0 Å². The van der Waals surface area contributed by atoms with Crippen LogP contribution in [0.25, 0.3) is 0 Å². The summed E-state index contributed by atoms with van der Waals surface area (Å²) >= 11 is 0. The highest BCUT2D eigenvalue weighted by atomic mass is 16.5. The molecule has 2 saturated heterocycles. The Morgan fingerprint density at radius 3 is 2.81 bits per heavy atom. The molecule has 0 spiro atoms. The van der Waals surface area contributed by atoms with Gasteiger partial charge in [0.1, 0.15) is 0 Å². The van der Waals surface area contributed by atoms with Crippen molar-refractivity contribution in [1.29, 1.82) is 0 Å². The van der Waals surface area contributed by atoms with Gasteiger partial charge in [-0.1, -0.05) is 6.42 Å². The van der Waals surface area contributed by atoms with Gasteiger partial charge >= 0.3 is 0 Å². The molecule has 4 rings (SSSR count). The summed E-state index contributed by atoms with van der Waals surface area (Å²) in [6, 6.07) is 0. The topological polar surface area (TPSA) is 29.5 Å². The molecule has 2 nitrogen and oxygen atoms in total. The predicted molar refractivity (Wildman–Crippen MR) is 63.2 cm³/mol. The van der Waals surface area contributed by atoms with Gasteiger partial charge < -0.3 is 9.84 Å². The maximum Gasteiger partial charge on any atom is 0.0695 e. The largest absolute Gasteiger partial charge is 0.396 e. The Morgan fingerprint density at radius 1 is 1.31 bits per heavy atom. The minimum atomic E-state index is 0.106. The van der Waals surface area contributed by atoms with Gasteiger partial charge in [0.05, 0.1) is 11.2 Å².